The number of benzene rings is 2. The highest BCUT2D eigenvalue weighted by Gasteiger charge is 2.31. The predicted octanol–water partition coefficient (Wildman–Crippen LogP) is 4.04. The van der Waals surface area contributed by atoms with Crippen LogP contribution in [0.25, 0.3) is 22.5 Å². The van der Waals surface area contributed by atoms with Gasteiger partial charge in [-0.05, 0) is 37.8 Å². The molecule has 1 amide bonds. The summed E-state index contributed by atoms with van der Waals surface area (Å²) in [6.07, 6.45) is 1.52. The molecule has 212 valence electrons. The Morgan fingerprint density at radius 3 is 2.50 bits per heavy atom. The van der Waals surface area contributed by atoms with Crippen molar-refractivity contribution in [2.24, 2.45) is 11.7 Å². The van der Waals surface area contributed by atoms with Crippen LogP contribution in [-0.2, 0) is 32.1 Å². The lowest BCUT2D eigenvalue weighted by atomic mass is 9.80. The minimum Gasteiger partial charge on any atom is -0.361 e. The number of nitrogens with two attached hydrogens (primary N) is 1. The van der Waals surface area contributed by atoms with Crippen LogP contribution in [0.5, 0.6) is 0 Å². The molecule has 3 N–H and O–H groups in total. The molecule has 0 aliphatic heterocycles. The summed E-state index contributed by atoms with van der Waals surface area (Å²) in [7, 11) is 0. The fourth-order valence-corrected chi connectivity index (χ4v) is 5.06. The van der Waals surface area contributed by atoms with Gasteiger partial charge < -0.3 is 15.8 Å². The maximum atomic E-state index is 13.7. The summed E-state index contributed by atoms with van der Waals surface area (Å²) in [4.78, 5) is 38.9. The van der Waals surface area contributed by atoms with Crippen molar-refractivity contribution in [1.29, 1.82) is 0 Å². The third-order valence-corrected chi connectivity index (χ3v) is 7.48. The number of ether oxygens (including phenoxy) is 1. The van der Waals surface area contributed by atoms with Gasteiger partial charge in [0.15, 0.2) is 5.78 Å². The number of carbonyl (C=O) groups is 3. The van der Waals surface area contributed by atoms with Gasteiger partial charge in [0.2, 0.25) is 5.91 Å². The van der Waals surface area contributed by atoms with Crippen molar-refractivity contribution in [2.45, 2.75) is 71.4 Å². The van der Waals surface area contributed by atoms with Crippen LogP contribution in [0.2, 0.25) is 0 Å². The number of rotatable bonds is 12. The molecule has 1 atom stereocenters. The molecule has 4 rings (SSSR count). The maximum Gasteiger partial charge on any atom is 0.220 e. The van der Waals surface area contributed by atoms with Crippen molar-refractivity contribution in [2.75, 3.05) is 13.3 Å². The number of hydrogen-bond acceptors (Lipinski definition) is 7. The Kier molecular flexibility index (Phi) is 9.27. The number of nitrogens with zero attached hydrogens (tertiary/aromatic N) is 3. The lowest BCUT2D eigenvalue weighted by Crippen LogP contribution is -2.32. The molecular formula is C31H39N5O4. The Morgan fingerprint density at radius 2 is 1.77 bits per heavy atom. The first-order valence-electron chi connectivity index (χ1n) is 13.9. The third kappa shape index (κ3) is 6.71. The standard InChI is InChI=1S/C31H39N5O4/c1-20(2)27(38)18-36-30-24-12-8-7-11-23(24)25(17-21-9-5-6-10-22(21)29(30)34-35-36)26(37)14-16-33-28(39)13-15-31(3,4)40-19-32/h5-12,20,25H,13-19,32H2,1-4H3,(H,33,39). The number of hydrogen-bond donors (Lipinski definition) is 2. The first-order chi connectivity index (χ1) is 19.1. The Balaban J connectivity index is 1.60. The Morgan fingerprint density at radius 1 is 1.07 bits per heavy atom. The zero-order valence-electron chi connectivity index (χ0n) is 23.8. The van der Waals surface area contributed by atoms with Crippen molar-refractivity contribution in [3.8, 4) is 22.5 Å². The summed E-state index contributed by atoms with van der Waals surface area (Å²) in [5.74, 6) is -0.598. The van der Waals surface area contributed by atoms with Gasteiger partial charge in [-0.1, -0.05) is 67.6 Å². The van der Waals surface area contributed by atoms with E-state index in [-0.39, 0.29) is 56.1 Å². The van der Waals surface area contributed by atoms with E-state index in [9.17, 15) is 14.4 Å². The van der Waals surface area contributed by atoms with Crippen LogP contribution < -0.4 is 11.1 Å². The van der Waals surface area contributed by atoms with Crippen molar-refractivity contribution >= 4 is 17.5 Å². The second-order valence-corrected chi connectivity index (χ2v) is 11.2. The number of amides is 1. The first-order valence-corrected chi connectivity index (χ1v) is 13.9. The molecule has 2 aromatic carbocycles. The van der Waals surface area contributed by atoms with Gasteiger partial charge in [0.1, 0.15) is 18.0 Å². The van der Waals surface area contributed by atoms with Crippen LogP contribution in [0.15, 0.2) is 48.5 Å². The van der Waals surface area contributed by atoms with Gasteiger partial charge in [0.25, 0.3) is 0 Å². The second kappa shape index (κ2) is 12.7. The molecule has 0 saturated carbocycles. The number of ketones is 2. The molecular weight excluding hydrogens is 506 g/mol. The van der Waals surface area contributed by atoms with Crippen LogP contribution in [0, 0.1) is 5.92 Å². The van der Waals surface area contributed by atoms with Crippen LogP contribution in [-0.4, -0.2) is 51.3 Å². The van der Waals surface area contributed by atoms with Crippen molar-refractivity contribution in [3.05, 3.63) is 59.7 Å². The lowest BCUT2D eigenvalue weighted by Gasteiger charge is -2.25. The third-order valence-electron chi connectivity index (χ3n) is 7.48. The molecule has 9 heteroatoms. The molecule has 1 aliphatic rings. The quantitative estimate of drug-likeness (QED) is 0.329. The zero-order chi connectivity index (χ0) is 28.9. The topological polar surface area (TPSA) is 129 Å². The monoisotopic (exact) mass is 545 g/mol. The van der Waals surface area contributed by atoms with Gasteiger partial charge >= 0.3 is 0 Å². The maximum absolute atomic E-state index is 13.7. The number of aromatic nitrogens is 3. The van der Waals surface area contributed by atoms with E-state index in [1.54, 1.807) is 4.68 Å². The average molecular weight is 546 g/mol. The highest BCUT2D eigenvalue weighted by molar-refractivity contribution is 5.92. The Hall–Kier alpha value is -3.69. The van der Waals surface area contributed by atoms with Crippen molar-refractivity contribution in [1.82, 2.24) is 20.3 Å². The number of nitrogens with one attached hydrogen (secondary N) is 1. The van der Waals surface area contributed by atoms with E-state index in [4.69, 9.17) is 10.5 Å². The SMILES string of the molecule is CC(C)C(=O)Cn1nnc2c1-c1ccccc1C(C(=O)CCNC(=O)CCC(C)(C)OCN)Cc1ccccc1-2. The summed E-state index contributed by atoms with van der Waals surface area (Å²) in [6, 6.07) is 15.7. The summed E-state index contributed by atoms with van der Waals surface area (Å²) in [6.45, 7) is 7.99. The Bertz CT molecular complexity index is 1380. The van der Waals surface area contributed by atoms with E-state index in [1.807, 2.05) is 76.2 Å². The smallest absolute Gasteiger partial charge is 0.220 e. The number of Topliss-reactive ketones (excluding diaryl/α,β-unsaturated/α-hetero) is 2. The van der Waals surface area contributed by atoms with E-state index in [0.717, 1.165) is 27.9 Å². The van der Waals surface area contributed by atoms with E-state index < -0.39 is 11.5 Å². The molecule has 0 bridgehead atoms. The van der Waals surface area contributed by atoms with E-state index >= 15 is 0 Å². The largest absolute Gasteiger partial charge is 0.361 e. The minimum atomic E-state index is -0.488. The highest BCUT2D eigenvalue weighted by Crippen LogP contribution is 2.41. The molecule has 0 saturated heterocycles. The Labute approximate surface area is 235 Å². The van der Waals surface area contributed by atoms with Gasteiger partial charge in [-0.15, -0.1) is 5.10 Å². The van der Waals surface area contributed by atoms with E-state index in [1.165, 1.54) is 0 Å². The van der Waals surface area contributed by atoms with Crippen LogP contribution >= 0.6 is 0 Å². The molecule has 0 fully saturated rings. The fraction of sp³-hybridized carbons (Fsp3) is 0.452. The fourth-order valence-electron chi connectivity index (χ4n) is 5.06. The average Bonchev–Trinajstić information content (AvgIpc) is 3.32. The highest BCUT2D eigenvalue weighted by atomic mass is 16.5. The first kappa shape index (κ1) is 29.3. The summed E-state index contributed by atoms with van der Waals surface area (Å²) >= 11 is 0. The molecule has 1 unspecified atom stereocenters. The summed E-state index contributed by atoms with van der Waals surface area (Å²) in [5.41, 5.74) is 10.0. The lowest BCUT2D eigenvalue weighted by molar-refractivity contribution is -0.124. The van der Waals surface area contributed by atoms with Crippen LogP contribution in [0.4, 0.5) is 0 Å². The van der Waals surface area contributed by atoms with Gasteiger partial charge in [-0.3, -0.25) is 14.4 Å². The van der Waals surface area contributed by atoms with Gasteiger partial charge in [-0.2, -0.15) is 0 Å². The predicted molar refractivity (Wildman–Crippen MR) is 153 cm³/mol. The molecule has 0 spiro atoms. The molecule has 1 aliphatic carbocycles. The number of carbonyl (C=O) groups excluding carboxylic acids is 3. The molecule has 3 aromatic rings. The van der Waals surface area contributed by atoms with Crippen molar-refractivity contribution in [3.63, 3.8) is 0 Å². The normalized spacial score (nSPS) is 14.5. The molecule has 1 heterocycles. The molecule has 40 heavy (non-hydrogen) atoms. The van der Waals surface area contributed by atoms with Crippen LogP contribution in [0.3, 0.4) is 0 Å². The molecule has 9 nitrogen and oxygen atoms in total. The van der Waals surface area contributed by atoms with E-state index in [2.05, 4.69) is 15.6 Å². The molecule has 1 aromatic heterocycles. The summed E-state index contributed by atoms with van der Waals surface area (Å²) < 4.78 is 7.12. The van der Waals surface area contributed by atoms with E-state index in [0.29, 0.717) is 18.5 Å². The molecule has 0 radical (unpaired) electrons. The van der Waals surface area contributed by atoms with Gasteiger partial charge in [0.05, 0.1) is 18.0 Å². The summed E-state index contributed by atoms with van der Waals surface area (Å²) in [5, 5.41) is 11.8. The van der Waals surface area contributed by atoms with Gasteiger partial charge in [-0.25, -0.2) is 4.68 Å². The minimum absolute atomic E-state index is 0.0371. The number of fused-ring (bicyclic) bond motifs is 5. The zero-order valence-corrected chi connectivity index (χ0v) is 23.8. The van der Waals surface area contributed by atoms with Gasteiger partial charge in [0, 0.05) is 42.3 Å². The van der Waals surface area contributed by atoms with Crippen LogP contribution in [0.1, 0.15) is 64.0 Å². The second-order valence-electron chi connectivity index (χ2n) is 11.2. The van der Waals surface area contributed by atoms with Crippen molar-refractivity contribution < 1.29 is 19.1 Å².